The van der Waals surface area contributed by atoms with Gasteiger partial charge in [0.2, 0.25) is 0 Å². The highest BCUT2D eigenvalue weighted by atomic mass is 32.2. The molecular formula is C20H26N2O2S. The smallest absolute Gasteiger partial charge is 0.319 e. The van der Waals surface area contributed by atoms with Crippen LogP contribution in [0.1, 0.15) is 25.3 Å². The van der Waals surface area contributed by atoms with Crippen LogP contribution in [0.3, 0.4) is 0 Å². The third-order valence-corrected chi connectivity index (χ3v) is 6.85. The number of nitrogens with zero attached hydrogens (tertiary/aromatic N) is 2. The van der Waals surface area contributed by atoms with Gasteiger partial charge in [0.15, 0.2) is 0 Å². The lowest BCUT2D eigenvalue weighted by molar-refractivity contribution is -0.158. The summed E-state index contributed by atoms with van der Waals surface area (Å²) < 4.78 is 5.55. The Balaban J connectivity index is 1.62. The summed E-state index contributed by atoms with van der Waals surface area (Å²) in [5, 5.41) is 0.550. The molecule has 0 amide bonds. The minimum Gasteiger partial charge on any atom is -0.465 e. The van der Waals surface area contributed by atoms with Gasteiger partial charge >= 0.3 is 5.97 Å². The zero-order chi connectivity index (χ0) is 17.3. The van der Waals surface area contributed by atoms with E-state index in [9.17, 15) is 4.79 Å². The Kier molecular flexibility index (Phi) is 4.78. The van der Waals surface area contributed by atoms with Crippen LogP contribution in [0.2, 0.25) is 0 Å². The normalized spacial score (nSPS) is 28.9. The molecule has 5 heteroatoms. The third-order valence-electron chi connectivity index (χ3n) is 5.56. The second-order valence-corrected chi connectivity index (χ2v) is 8.39. The number of rotatable bonds is 4. The largest absolute Gasteiger partial charge is 0.465 e. The van der Waals surface area contributed by atoms with Gasteiger partial charge in [-0.15, -0.1) is 11.8 Å². The molecule has 1 aromatic rings. The van der Waals surface area contributed by atoms with Crippen LogP contribution in [0.4, 0.5) is 0 Å². The van der Waals surface area contributed by atoms with Crippen molar-refractivity contribution in [2.24, 2.45) is 5.41 Å². The summed E-state index contributed by atoms with van der Waals surface area (Å²) >= 11 is 2.03. The Morgan fingerprint density at radius 2 is 2.20 bits per heavy atom. The summed E-state index contributed by atoms with van der Waals surface area (Å²) in [5.41, 5.74) is 2.05. The van der Waals surface area contributed by atoms with E-state index in [-0.39, 0.29) is 5.97 Å². The predicted molar refractivity (Wildman–Crippen MR) is 101 cm³/mol. The molecule has 2 atom stereocenters. The fraction of sp³-hybridized carbons (Fsp3) is 0.550. The van der Waals surface area contributed by atoms with Crippen LogP contribution in [0, 0.1) is 5.41 Å². The molecule has 4 rings (SSSR count). The first-order chi connectivity index (χ1) is 12.2. The van der Waals surface area contributed by atoms with Gasteiger partial charge in [0.25, 0.3) is 0 Å². The topological polar surface area (TPSA) is 32.8 Å². The van der Waals surface area contributed by atoms with Crippen molar-refractivity contribution >= 4 is 17.7 Å². The maximum absolute atomic E-state index is 13.0. The van der Waals surface area contributed by atoms with Gasteiger partial charge in [-0.25, -0.2) is 0 Å². The van der Waals surface area contributed by atoms with Crippen LogP contribution in [-0.4, -0.2) is 53.1 Å². The van der Waals surface area contributed by atoms with E-state index in [1.54, 1.807) is 0 Å². The number of hydrogen-bond acceptors (Lipinski definition) is 5. The minimum absolute atomic E-state index is 0.0330. The highest BCUT2D eigenvalue weighted by molar-refractivity contribution is 8.00. The monoisotopic (exact) mass is 358 g/mol. The average molecular weight is 359 g/mol. The van der Waals surface area contributed by atoms with Gasteiger partial charge in [0.05, 0.1) is 12.0 Å². The number of carbonyl (C=O) groups is 1. The molecule has 0 unspecified atom stereocenters. The van der Waals surface area contributed by atoms with Crippen LogP contribution >= 0.6 is 11.8 Å². The van der Waals surface area contributed by atoms with Crippen molar-refractivity contribution in [3.05, 3.63) is 47.7 Å². The second-order valence-electron chi connectivity index (χ2n) is 7.10. The molecule has 0 saturated carbocycles. The lowest BCUT2D eigenvalue weighted by Gasteiger charge is -2.49. The number of ether oxygens (including phenoxy) is 1. The van der Waals surface area contributed by atoms with Crippen molar-refractivity contribution in [2.75, 3.05) is 32.0 Å². The van der Waals surface area contributed by atoms with Crippen molar-refractivity contribution in [3.63, 3.8) is 0 Å². The molecule has 2 saturated heterocycles. The maximum atomic E-state index is 13.0. The van der Waals surface area contributed by atoms with Crippen LogP contribution < -0.4 is 0 Å². The van der Waals surface area contributed by atoms with Gasteiger partial charge < -0.3 is 9.64 Å². The third kappa shape index (κ3) is 3.08. The first kappa shape index (κ1) is 17.0. The van der Waals surface area contributed by atoms with Crippen LogP contribution in [-0.2, 0) is 16.1 Å². The van der Waals surface area contributed by atoms with Gasteiger partial charge in [-0.1, -0.05) is 30.3 Å². The van der Waals surface area contributed by atoms with E-state index >= 15 is 0 Å². The van der Waals surface area contributed by atoms with E-state index in [0.717, 1.165) is 44.8 Å². The number of piperidine rings is 1. The van der Waals surface area contributed by atoms with Crippen molar-refractivity contribution in [3.8, 4) is 0 Å². The van der Waals surface area contributed by atoms with Gasteiger partial charge in [0, 0.05) is 37.6 Å². The first-order valence-electron chi connectivity index (χ1n) is 9.25. The number of thioether (sulfide) groups is 1. The maximum Gasteiger partial charge on any atom is 0.319 e. The van der Waals surface area contributed by atoms with E-state index < -0.39 is 5.41 Å². The summed E-state index contributed by atoms with van der Waals surface area (Å²) in [6.07, 6.45) is 4.26. The molecule has 0 radical (unpaired) electrons. The molecule has 0 spiro atoms. The fourth-order valence-corrected chi connectivity index (χ4v) is 5.70. The van der Waals surface area contributed by atoms with Crippen molar-refractivity contribution in [1.82, 2.24) is 9.80 Å². The zero-order valence-electron chi connectivity index (χ0n) is 14.8. The van der Waals surface area contributed by atoms with E-state index in [1.807, 2.05) is 24.8 Å². The fourth-order valence-electron chi connectivity index (χ4n) is 4.45. The molecule has 1 aromatic carbocycles. The molecule has 4 nitrogen and oxygen atoms in total. The lowest BCUT2D eigenvalue weighted by Crippen LogP contribution is -2.56. The zero-order valence-corrected chi connectivity index (χ0v) is 15.6. The molecule has 0 bridgehead atoms. The Morgan fingerprint density at radius 1 is 1.36 bits per heavy atom. The van der Waals surface area contributed by atoms with Crippen molar-refractivity contribution in [1.29, 1.82) is 0 Å². The lowest BCUT2D eigenvalue weighted by atomic mass is 9.74. The van der Waals surface area contributed by atoms with Crippen molar-refractivity contribution < 1.29 is 9.53 Å². The average Bonchev–Trinajstić information content (AvgIpc) is 3.11. The number of carbonyl (C=O) groups excluding carboxylic acids is 1. The Bertz CT molecular complexity index is 663. The van der Waals surface area contributed by atoms with Gasteiger partial charge in [0.1, 0.15) is 5.41 Å². The molecule has 134 valence electrons. The molecule has 3 aliphatic heterocycles. The van der Waals surface area contributed by atoms with Crippen LogP contribution in [0.25, 0.3) is 0 Å². The van der Waals surface area contributed by atoms with E-state index in [2.05, 4.69) is 40.1 Å². The summed E-state index contributed by atoms with van der Waals surface area (Å²) in [7, 11) is 0. The van der Waals surface area contributed by atoms with E-state index in [4.69, 9.17) is 4.74 Å². The van der Waals surface area contributed by atoms with E-state index in [0.29, 0.717) is 12.0 Å². The van der Waals surface area contributed by atoms with Gasteiger partial charge in [-0.05, 0) is 31.4 Å². The Labute approximate surface area is 154 Å². The number of fused-ring (bicyclic) bond motifs is 3. The SMILES string of the molecule is CCOC(=O)[C@]12CC[C@@H]3SCCN3C1=CCN(Cc1ccccc1)C2. The van der Waals surface area contributed by atoms with Crippen LogP contribution in [0.15, 0.2) is 42.1 Å². The quantitative estimate of drug-likeness (QED) is 0.773. The highest BCUT2D eigenvalue weighted by Crippen LogP contribution is 2.49. The minimum atomic E-state index is -0.482. The van der Waals surface area contributed by atoms with Gasteiger partial charge in [-0.2, -0.15) is 0 Å². The summed E-state index contributed by atoms with van der Waals surface area (Å²) in [4.78, 5) is 17.9. The molecule has 0 aromatic heterocycles. The first-order valence-corrected chi connectivity index (χ1v) is 10.3. The molecule has 0 aliphatic carbocycles. The number of hydrogen-bond donors (Lipinski definition) is 0. The van der Waals surface area contributed by atoms with Gasteiger partial charge in [-0.3, -0.25) is 9.69 Å². The number of esters is 1. The summed E-state index contributed by atoms with van der Waals surface area (Å²) in [6, 6.07) is 10.5. The van der Waals surface area contributed by atoms with Crippen LogP contribution in [0.5, 0.6) is 0 Å². The predicted octanol–water partition coefficient (Wildman–Crippen LogP) is 3.10. The molecule has 2 fully saturated rings. The highest BCUT2D eigenvalue weighted by Gasteiger charge is 2.53. The van der Waals surface area contributed by atoms with E-state index in [1.165, 1.54) is 11.3 Å². The second kappa shape index (κ2) is 7.04. The van der Waals surface area contributed by atoms with Crippen molar-refractivity contribution in [2.45, 2.75) is 31.7 Å². The summed E-state index contributed by atoms with van der Waals surface area (Å²) in [6.45, 7) is 5.95. The Hall–Kier alpha value is -1.46. The molecule has 3 aliphatic rings. The Morgan fingerprint density at radius 3 is 3.00 bits per heavy atom. The standard InChI is InChI=1S/C20H26N2O2S/c1-2-24-19(23)20-10-8-18-22(12-13-25-18)17(20)9-11-21(15-20)14-16-6-4-3-5-7-16/h3-7,9,18H,2,8,10-15H2,1H3/t18-,20-/m0/s1. The number of benzene rings is 1. The molecule has 3 heterocycles. The summed E-state index contributed by atoms with van der Waals surface area (Å²) in [5.74, 6) is 1.13. The molecular weight excluding hydrogens is 332 g/mol. The molecule has 25 heavy (non-hydrogen) atoms. The molecule has 0 N–H and O–H groups in total.